The number of rotatable bonds is 6. The molecular formula is C13H24O2. The molecule has 0 radical (unpaired) electrons. The zero-order valence-corrected chi connectivity index (χ0v) is 9.87. The molecule has 1 N–H and O–H groups in total. The lowest BCUT2D eigenvalue weighted by Crippen LogP contribution is -2.19. The van der Waals surface area contributed by atoms with Crippen LogP contribution >= 0.6 is 0 Å². The molecule has 1 saturated heterocycles. The molecule has 15 heavy (non-hydrogen) atoms. The summed E-state index contributed by atoms with van der Waals surface area (Å²) in [6.45, 7) is 3.46. The summed E-state index contributed by atoms with van der Waals surface area (Å²) in [4.78, 5) is 0. The number of ether oxygens (including phenoxy) is 1. The predicted molar refractivity (Wildman–Crippen MR) is 62.9 cm³/mol. The number of hydrogen-bond donors (Lipinski definition) is 1. The second-order valence-electron chi connectivity index (χ2n) is 4.46. The Balaban J connectivity index is 2.12. The smallest absolute Gasteiger partial charge is 0.0612 e. The van der Waals surface area contributed by atoms with Gasteiger partial charge in [-0.2, -0.15) is 0 Å². The van der Waals surface area contributed by atoms with E-state index in [-0.39, 0.29) is 0 Å². The molecule has 1 heterocycles. The molecule has 0 aliphatic carbocycles. The molecule has 1 atom stereocenters. The minimum absolute atomic E-state index is 0.318. The van der Waals surface area contributed by atoms with Crippen molar-refractivity contribution in [3.05, 3.63) is 11.6 Å². The van der Waals surface area contributed by atoms with Crippen LogP contribution in [0, 0.1) is 0 Å². The Bertz CT molecular complexity index is 181. The zero-order valence-electron chi connectivity index (χ0n) is 9.87. The summed E-state index contributed by atoms with van der Waals surface area (Å²) < 4.78 is 5.70. The number of unbranched alkanes of at least 4 members (excludes halogenated alkanes) is 2. The van der Waals surface area contributed by atoms with E-state index >= 15 is 0 Å². The summed E-state index contributed by atoms with van der Waals surface area (Å²) in [7, 11) is 0. The predicted octanol–water partition coefficient (Wildman–Crippen LogP) is 3.05. The van der Waals surface area contributed by atoms with Crippen LogP contribution in [0.25, 0.3) is 0 Å². The third-order valence-electron chi connectivity index (χ3n) is 2.93. The van der Waals surface area contributed by atoms with Gasteiger partial charge in [-0.1, -0.05) is 11.6 Å². The zero-order chi connectivity index (χ0) is 10.9. The standard InChI is InChI=1S/C13H24O2/c1-12(7-3-2-5-9-14)11-13-8-4-6-10-15-13/h7,13-14H,2-6,8-11H2,1H3/b12-7-. The Morgan fingerprint density at radius 3 is 2.93 bits per heavy atom. The molecule has 0 bridgehead atoms. The molecule has 2 nitrogen and oxygen atoms in total. The monoisotopic (exact) mass is 212 g/mol. The minimum Gasteiger partial charge on any atom is -0.396 e. The number of aliphatic hydroxyl groups is 1. The molecule has 0 aromatic heterocycles. The number of hydrogen-bond acceptors (Lipinski definition) is 2. The lowest BCUT2D eigenvalue weighted by Gasteiger charge is -2.22. The topological polar surface area (TPSA) is 29.5 Å². The molecule has 0 spiro atoms. The molecule has 0 amide bonds. The Hall–Kier alpha value is -0.340. The van der Waals surface area contributed by atoms with E-state index in [1.165, 1.54) is 24.8 Å². The van der Waals surface area contributed by atoms with Gasteiger partial charge in [-0.15, -0.1) is 0 Å². The van der Waals surface area contributed by atoms with Gasteiger partial charge >= 0.3 is 0 Å². The second kappa shape index (κ2) is 7.89. The van der Waals surface area contributed by atoms with Crippen molar-refractivity contribution in [2.45, 2.75) is 58.0 Å². The first-order valence-corrected chi connectivity index (χ1v) is 6.21. The van der Waals surface area contributed by atoms with E-state index in [4.69, 9.17) is 9.84 Å². The average Bonchev–Trinajstić information content (AvgIpc) is 2.26. The van der Waals surface area contributed by atoms with Crippen LogP contribution in [0.3, 0.4) is 0 Å². The summed E-state index contributed by atoms with van der Waals surface area (Å²) >= 11 is 0. The van der Waals surface area contributed by atoms with Gasteiger partial charge in [0.1, 0.15) is 0 Å². The third kappa shape index (κ3) is 5.95. The maximum Gasteiger partial charge on any atom is 0.0612 e. The van der Waals surface area contributed by atoms with E-state index in [0.29, 0.717) is 12.7 Å². The first-order chi connectivity index (χ1) is 7.33. The molecular weight excluding hydrogens is 188 g/mol. The van der Waals surface area contributed by atoms with E-state index in [1.807, 2.05) is 0 Å². The van der Waals surface area contributed by atoms with Crippen molar-refractivity contribution >= 4 is 0 Å². The van der Waals surface area contributed by atoms with Crippen molar-refractivity contribution in [3.63, 3.8) is 0 Å². The van der Waals surface area contributed by atoms with Crippen LogP contribution in [0.4, 0.5) is 0 Å². The SMILES string of the molecule is C/C(=C/CCCCO)CC1CCCCO1. The van der Waals surface area contributed by atoms with Crippen molar-refractivity contribution in [2.75, 3.05) is 13.2 Å². The summed E-state index contributed by atoms with van der Waals surface area (Å²) in [6.07, 6.45) is 10.8. The van der Waals surface area contributed by atoms with Crippen LogP contribution in [0.2, 0.25) is 0 Å². The quantitative estimate of drug-likeness (QED) is 0.541. The Labute approximate surface area is 93.3 Å². The first-order valence-electron chi connectivity index (χ1n) is 6.21. The molecule has 88 valence electrons. The lowest BCUT2D eigenvalue weighted by molar-refractivity contribution is 0.0168. The largest absolute Gasteiger partial charge is 0.396 e. The van der Waals surface area contributed by atoms with Gasteiger partial charge in [-0.05, 0) is 51.9 Å². The van der Waals surface area contributed by atoms with Crippen molar-refractivity contribution in [3.8, 4) is 0 Å². The molecule has 1 aliphatic rings. The van der Waals surface area contributed by atoms with Gasteiger partial charge in [0.25, 0.3) is 0 Å². The molecule has 1 fully saturated rings. The fourth-order valence-corrected chi connectivity index (χ4v) is 2.02. The summed E-state index contributed by atoms with van der Waals surface area (Å²) in [6, 6.07) is 0. The fourth-order valence-electron chi connectivity index (χ4n) is 2.02. The molecule has 2 heteroatoms. The molecule has 1 rings (SSSR count). The Morgan fingerprint density at radius 1 is 1.40 bits per heavy atom. The van der Waals surface area contributed by atoms with Gasteiger partial charge in [-0.3, -0.25) is 0 Å². The highest BCUT2D eigenvalue weighted by atomic mass is 16.5. The van der Waals surface area contributed by atoms with Crippen LogP contribution in [0.15, 0.2) is 11.6 Å². The van der Waals surface area contributed by atoms with E-state index in [2.05, 4.69) is 13.0 Å². The van der Waals surface area contributed by atoms with Crippen LogP contribution in [0.5, 0.6) is 0 Å². The van der Waals surface area contributed by atoms with Crippen molar-refractivity contribution in [2.24, 2.45) is 0 Å². The molecule has 1 aliphatic heterocycles. The highest BCUT2D eigenvalue weighted by Crippen LogP contribution is 2.19. The van der Waals surface area contributed by atoms with Crippen LogP contribution in [-0.2, 0) is 4.74 Å². The molecule has 0 aromatic rings. The van der Waals surface area contributed by atoms with Gasteiger partial charge in [0.2, 0.25) is 0 Å². The minimum atomic E-state index is 0.318. The first kappa shape index (κ1) is 12.7. The number of aliphatic hydroxyl groups excluding tert-OH is 1. The third-order valence-corrected chi connectivity index (χ3v) is 2.93. The molecule has 0 aromatic carbocycles. The van der Waals surface area contributed by atoms with E-state index < -0.39 is 0 Å². The van der Waals surface area contributed by atoms with Crippen LogP contribution in [0.1, 0.15) is 51.9 Å². The van der Waals surface area contributed by atoms with E-state index in [0.717, 1.165) is 32.3 Å². The lowest BCUT2D eigenvalue weighted by atomic mass is 10.0. The summed E-state index contributed by atoms with van der Waals surface area (Å²) in [5, 5.41) is 8.65. The van der Waals surface area contributed by atoms with E-state index in [1.54, 1.807) is 0 Å². The Kier molecular flexibility index (Phi) is 6.69. The summed E-state index contributed by atoms with van der Waals surface area (Å²) in [5.41, 5.74) is 1.44. The second-order valence-corrected chi connectivity index (χ2v) is 4.46. The van der Waals surface area contributed by atoms with Gasteiger partial charge in [0.15, 0.2) is 0 Å². The van der Waals surface area contributed by atoms with Gasteiger partial charge in [0, 0.05) is 13.2 Å². The van der Waals surface area contributed by atoms with Crippen LogP contribution < -0.4 is 0 Å². The maximum absolute atomic E-state index is 8.65. The molecule has 1 unspecified atom stereocenters. The highest BCUT2D eigenvalue weighted by Gasteiger charge is 2.13. The maximum atomic E-state index is 8.65. The number of allylic oxidation sites excluding steroid dienone is 1. The van der Waals surface area contributed by atoms with E-state index in [9.17, 15) is 0 Å². The summed E-state index contributed by atoms with van der Waals surface area (Å²) in [5.74, 6) is 0. The van der Waals surface area contributed by atoms with Crippen LogP contribution in [-0.4, -0.2) is 24.4 Å². The van der Waals surface area contributed by atoms with Crippen molar-refractivity contribution in [1.29, 1.82) is 0 Å². The fraction of sp³-hybridized carbons (Fsp3) is 0.846. The van der Waals surface area contributed by atoms with Gasteiger partial charge < -0.3 is 9.84 Å². The van der Waals surface area contributed by atoms with Crippen molar-refractivity contribution < 1.29 is 9.84 Å². The Morgan fingerprint density at radius 2 is 2.27 bits per heavy atom. The van der Waals surface area contributed by atoms with Crippen molar-refractivity contribution in [1.82, 2.24) is 0 Å². The average molecular weight is 212 g/mol. The molecule has 0 saturated carbocycles. The normalized spacial score (nSPS) is 23.1. The van der Waals surface area contributed by atoms with Gasteiger partial charge in [-0.25, -0.2) is 0 Å². The van der Waals surface area contributed by atoms with Gasteiger partial charge in [0.05, 0.1) is 6.10 Å². The highest BCUT2D eigenvalue weighted by molar-refractivity contribution is 5.00.